The van der Waals surface area contributed by atoms with Crippen LogP contribution < -0.4 is 5.32 Å². The third kappa shape index (κ3) is 2.70. The third-order valence-electron chi connectivity index (χ3n) is 5.42. The van der Waals surface area contributed by atoms with Gasteiger partial charge >= 0.3 is 0 Å². The van der Waals surface area contributed by atoms with Crippen molar-refractivity contribution in [1.29, 1.82) is 0 Å². The summed E-state index contributed by atoms with van der Waals surface area (Å²) in [4.78, 5) is 6.54. The van der Waals surface area contributed by atoms with E-state index in [1.54, 1.807) is 0 Å². The van der Waals surface area contributed by atoms with Gasteiger partial charge in [-0.1, -0.05) is 58.0 Å². The maximum absolute atomic E-state index is 6.54. The minimum atomic E-state index is -0.782. The third-order valence-corrected chi connectivity index (χ3v) is 5.42. The Morgan fingerprint density at radius 3 is 2.29 bits per heavy atom. The Bertz CT molecular complexity index is 579. The zero-order valence-electron chi connectivity index (χ0n) is 16.1. The van der Waals surface area contributed by atoms with Gasteiger partial charge in [0.2, 0.25) is 0 Å². The fourth-order valence-corrected chi connectivity index (χ4v) is 3.81. The Morgan fingerprint density at radius 1 is 1.17 bits per heavy atom. The molecule has 1 aromatic rings. The molecule has 0 bridgehead atoms. The van der Waals surface area contributed by atoms with E-state index in [-0.39, 0.29) is 17.0 Å². The van der Waals surface area contributed by atoms with E-state index in [1.807, 2.05) is 0 Å². The van der Waals surface area contributed by atoms with Crippen molar-refractivity contribution in [3.8, 4) is 0 Å². The quantitative estimate of drug-likeness (QED) is 0.884. The van der Waals surface area contributed by atoms with Gasteiger partial charge < -0.3 is 4.74 Å². The molecular weight excluding hydrogens is 300 g/mol. The summed E-state index contributed by atoms with van der Waals surface area (Å²) in [6, 6.07) is 11.0. The van der Waals surface area contributed by atoms with E-state index in [1.165, 1.54) is 5.56 Å². The van der Waals surface area contributed by atoms with Crippen LogP contribution in [0.3, 0.4) is 0 Å². The smallest absolute Gasteiger partial charge is 0.253 e. The number of ether oxygens (including phenoxy) is 1. The van der Waals surface area contributed by atoms with Crippen LogP contribution in [0.5, 0.6) is 0 Å². The van der Waals surface area contributed by atoms with E-state index in [4.69, 9.17) is 9.57 Å². The summed E-state index contributed by atoms with van der Waals surface area (Å²) in [6.07, 6.45) is 0. The normalized spacial score (nSPS) is 33.7. The van der Waals surface area contributed by atoms with Gasteiger partial charge in [0.1, 0.15) is 0 Å². The first-order valence-electron chi connectivity index (χ1n) is 9.03. The molecule has 1 spiro atoms. The van der Waals surface area contributed by atoms with Crippen LogP contribution in [0.2, 0.25) is 0 Å². The molecular formula is C20H32N2O2. The molecule has 2 aliphatic heterocycles. The average Bonchev–Trinajstić information content (AvgIpc) is 3.01. The molecule has 2 fully saturated rings. The van der Waals surface area contributed by atoms with Gasteiger partial charge in [0.05, 0.1) is 18.1 Å². The SMILES string of the molecule is CC(C)[C@@H]1CO[C@@]2(N1)ON(C(C)(C)C)[C@H](c1ccccc1)C2(C)C. The Morgan fingerprint density at radius 2 is 1.79 bits per heavy atom. The summed E-state index contributed by atoms with van der Waals surface area (Å²) in [5.74, 6) is -0.280. The lowest BCUT2D eigenvalue weighted by atomic mass is 9.77. The van der Waals surface area contributed by atoms with Crippen LogP contribution >= 0.6 is 0 Å². The predicted molar refractivity (Wildman–Crippen MR) is 96.1 cm³/mol. The van der Waals surface area contributed by atoms with Gasteiger partial charge in [-0.05, 0) is 32.3 Å². The lowest BCUT2D eigenvalue weighted by Gasteiger charge is -2.38. The highest BCUT2D eigenvalue weighted by molar-refractivity contribution is 5.24. The topological polar surface area (TPSA) is 33.7 Å². The van der Waals surface area contributed by atoms with Crippen LogP contribution in [0.1, 0.15) is 60.1 Å². The number of nitrogens with one attached hydrogen (secondary N) is 1. The molecule has 3 atom stereocenters. The van der Waals surface area contributed by atoms with E-state index in [2.05, 4.69) is 89.2 Å². The van der Waals surface area contributed by atoms with Crippen molar-refractivity contribution in [2.24, 2.45) is 11.3 Å². The summed E-state index contributed by atoms with van der Waals surface area (Å²) in [5, 5.41) is 5.79. The molecule has 3 rings (SSSR count). The lowest BCUT2D eigenvalue weighted by molar-refractivity contribution is -0.334. The second-order valence-corrected chi connectivity index (χ2v) is 9.05. The molecule has 1 N–H and O–H groups in total. The number of rotatable bonds is 2. The highest BCUT2D eigenvalue weighted by atomic mass is 16.8. The minimum Gasteiger partial charge on any atom is -0.334 e. The van der Waals surface area contributed by atoms with Crippen LogP contribution in [0.25, 0.3) is 0 Å². The highest BCUT2D eigenvalue weighted by Crippen LogP contribution is 2.57. The number of benzene rings is 1. The van der Waals surface area contributed by atoms with Gasteiger partial charge in [0.15, 0.2) is 0 Å². The number of hydroxylamine groups is 2. The van der Waals surface area contributed by atoms with Crippen molar-refractivity contribution in [1.82, 2.24) is 10.4 Å². The summed E-state index contributed by atoms with van der Waals surface area (Å²) in [5.41, 5.74) is 0.876. The van der Waals surface area contributed by atoms with Crippen LogP contribution in [0, 0.1) is 11.3 Å². The first-order chi connectivity index (χ1) is 11.1. The fraction of sp³-hybridized carbons (Fsp3) is 0.700. The standard InChI is InChI=1S/C20H32N2O2/c1-14(2)16-13-23-20(21-16)19(6,7)17(15-11-9-8-10-12-15)22(24-20)18(3,4)5/h8-12,14,16-17,21H,13H2,1-7H3/t16-,17+,20+/m0/s1. The Labute approximate surface area is 146 Å². The molecule has 4 heteroatoms. The molecule has 0 saturated carbocycles. The van der Waals surface area contributed by atoms with Gasteiger partial charge in [-0.15, -0.1) is 0 Å². The Kier molecular flexibility index (Phi) is 4.32. The van der Waals surface area contributed by atoms with Crippen LogP contribution in [0.15, 0.2) is 30.3 Å². The lowest BCUT2D eigenvalue weighted by Crippen LogP contribution is -2.55. The van der Waals surface area contributed by atoms with E-state index in [0.717, 1.165) is 0 Å². The van der Waals surface area contributed by atoms with Crippen molar-refractivity contribution in [2.75, 3.05) is 6.61 Å². The minimum absolute atomic E-state index is 0.108. The largest absolute Gasteiger partial charge is 0.334 e. The predicted octanol–water partition coefficient (Wildman–Crippen LogP) is 4.10. The Hall–Kier alpha value is -0.940. The summed E-state index contributed by atoms with van der Waals surface area (Å²) in [7, 11) is 0. The monoisotopic (exact) mass is 332 g/mol. The van der Waals surface area contributed by atoms with Gasteiger partial charge in [0.25, 0.3) is 5.91 Å². The van der Waals surface area contributed by atoms with Crippen molar-refractivity contribution >= 4 is 0 Å². The zero-order chi connectivity index (χ0) is 17.8. The summed E-state index contributed by atoms with van der Waals surface area (Å²) < 4.78 is 6.29. The fourth-order valence-electron chi connectivity index (χ4n) is 3.81. The van der Waals surface area contributed by atoms with E-state index in [0.29, 0.717) is 18.6 Å². The van der Waals surface area contributed by atoms with Crippen molar-refractivity contribution in [3.05, 3.63) is 35.9 Å². The Balaban J connectivity index is 2.04. The molecule has 1 aromatic carbocycles. The molecule has 0 amide bonds. The molecule has 134 valence electrons. The summed E-state index contributed by atoms with van der Waals surface area (Å²) >= 11 is 0. The number of nitrogens with zero attached hydrogens (tertiary/aromatic N) is 1. The van der Waals surface area contributed by atoms with Crippen molar-refractivity contribution < 1.29 is 9.57 Å². The molecule has 0 aromatic heterocycles. The molecule has 2 saturated heterocycles. The van der Waals surface area contributed by atoms with Gasteiger partial charge in [-0.2, -0.15) is 5.06 Å². The molecule has 2 aliphatic rings. The van der Waals surface area contributed by atoms with Crippen LogP contribution in [0.4, 0.5) is 0 Å². The molecule has 2 heterocycles. The molecule has 0 aliphatic carbocycles. The van der Waals surface area contributed by atoms with Crippen LogP contribution in [-0.4, -0.2) is 29.2 Å². The van der Waals surface area contributed by atoms with E-state index >= 15 is 0 Å². The maximum Gasteiger partial charge on any atom is 0.253 e. The first-order valence-corrected chi connectivity index (χ1v) is 9.03. The molecule has 4 nitrogen and oxygen atoms in total. The molecule has 24 heavy (non-hydrogen) atoms. The number of hydrogen-bond acceptors (Lipinski definition) is 4. The van der Waals surface area contributed by atoms with E-state index in [9.17, 15) is 0 Å². The second-order valence-electron chi connectivity index (χ2n) is 9.05. The van der Waals surface area contributed by atoms with Crippen molar-refractivity contribution in [3.63, 3.8) is 0 Å². The van der Waals surface area contributed by atoms with Gasteiger partial charge in [-0.3, -0.25) is 5.32 Å². The molecule has 0 unspecified atom stereocenters. The van der Waals surface area contributed by atoms with Gasteiger partial charge in [-0.25, -0.2) is 4.84 Å². The zero-order valence-corrected chi connectivity index (χ0v) is 16.1. The summed E-state index contributed by atoms with van der Waals surface area (Å²) in [6.45, 7) is 16.2. The number of hydrogen-bond donors (Lipinski definition) is 1. The van der Waals surface area contributed by atoms with E-state index < -0.39 is 5.91 Å². The molecule has 0 radical (unpaired) electrons. The maximum atomic E-state index is 6.54. The second kappa shape index (κ2) is 5.80. The first kappa shape index (κ1) is 17.9. The van der Waals surface area contributed by atoms with Crippen molar-refractivity contribution in [2.45, 2.75) is 72.0 Å². The highest BCUT2D eigenvalue weighted by Gasteiger charge is 2.66. The van der Waals surface area contributed by atoms with Crippen LogP contribution in [-0.2, 0) is 9.57 Å². The van der Waals surface area contributed by atoms with Gasteiger partial charge in [0, 0.05) is 11.6 Å². The average molecular weight is 332 g/mol.